The van der Waals surface area contributed by atoms with Crippen molar-refractivity contribution in [3.8, 4) is 0 Å². The van der Waals surface area contributed by atoms with Crippen LogP contribution >= 0.6 is 0 Å². The van der Waals surface area contributed by atoms with E-state index in [1.807, 2.05) is 12.1 Å². The molecular formula is C14H23NO2S. The molecule has 0 amide bonds. The minimum absolute atomic E-state index is 0.154. The number of sulfone groups is 1. The van der Waals surface area contributed by atoms with Gasteiger partial charge >= 0.3 is 0 Å². The van der Waals surface area contributed by atoms with E-state index in [4.69, 9.17) is 0 Å². The second-order valence-corrected chi connectivity index (χ2v) is 6.82. The van der Waals surface area contributed by atoms with Crippen LogP contribution in [0.2, 0.25) is 0 Å². The van der Waals surface area contributed by atoms with Crippen LogP contribution in [0.1, 0.15) is 32.8 Å². The van der Waals surface area contributed by atoms with E-state index in [1.54, 1.807) is 19.1 Å². The molecule has 1 unspecified atom stereocenters. The minimum Gasteiger partial charge on any atom is -0.314 e. The van der Waals surface area contributed by atoms with Crippen molar-refractivity contribution >= 4 is 9.84 Å². The van der Waals surface area contributed by atoms with Crippen molar-refractivity contribution < 1.29 is 8.42 Å². The summed E-state index contributed by atoms with van der Waals surface area (Å²) >= 11 is 0. The van der Waals surface area contributed by atoms with Crippen molar-refractivity contribution in [2.75, 3.05) is 12.3 Å². The highest BCUT2D eigenvalue weighted by atomic mass is 32.2. The Hall–Kier alpha value is -0.870. The lowest BCUT2D eigenvalue weighted by Crippen LogP contribution is -2.29. The topological polar surface area (TPSA) is 46.2 Å². The van der Waals surface area contributed by atoms with Crippen molar-refractivity contribution in [2.24, 2.45) is 0 Å². The molecule has 0 heterocycles. The molecule has 0 saturated carbocycles. The lowest BCUT2D eigenvalue weighted by Gasteiger charge is -2.15. The van der Waals surface area contributed by atoms with E-state index in [9.17, 15) is 8.42 Å². The first-order valence-corrected chi connectivity index (χ1v) is 8.20. The normalized spacial score (nSPS) is 13.5. The molecule has 3 nitrogen and oxygen atoms in total. The van der Waals surface area contributed by atoms with Gasteiger partial charge in [0.05, 0.1) is 10.6 Å². The van der Waals surface area contributed by atoms with Gasteiger partial charge in [-0.3, -0.25) is 0 Å². The fourth-order valence-electron chi connectivity index (χ4n) is 1.92. The summed E-state index contributed by atoms with van der Waals surface area (Å²) in [5.41, 5.74) is 0.912. The lowest BCUT2D eigenvalue weighted by molar-refractivity contribution is 0.539. The molecule has 1 aromatic carbocycles. The number of hydrogen-bond acceptors (Lipinski definition) is 3. The average molecular weight is 269 g/mol. The molecule has 0 aliphatic rings. The molecule has 0 aliphatic carbocycles. The first kappa shape index (κ1) is 15.2. The van der Waals surface area contributed by atoms with E-state index in [2.05, 4.69) is 19.2 Å². The van der Waals surface area contributed by atoms with Crippen molar-refractivity contribution in [3.63, 3.8) is 0 Å². The maximum absolute atomic E-state index is 12.0. The van der Waals surface area contributed by atoms with Crippen LogP contribution in [0, 0.1) is 0 Å². The summed E-state index contributed by atoms with van der Waals surface area (Å²) in [7, 11) is -3.12. The monoisotopic (exact) mass is 269 g/mol. The molecule has 1 atom stereocenters. The molecule has 0 bridgehead atoms. The van der Waals surface area contributed by atoms with Gasteiger partial charge in [0.25, 0.3) is 0 Å². The summed E-state index contributed by atoms with van der Waals surface area (Å²) in [5.74, 6) is 0.154. The van der Waals surface area contributed by atoms with Crippen molar-refractivity contribution in [3.05, 3.63) is 29.8 Å². The predicted molar refractivity (Wildman–Crippen MR) is 75.6 cm³/mol. The van der Waals surface area contributed by atoms with Gasteiger partial charge in [-0.25, -0.2) is 8.42 Å². The lowest BCUT2D eigenvalue weighted by atomic mass is 10.1. The zero-order valence-corrected chi connectivity index (χ0v) is 12.3. The second kappa shape index (κ2) is 6.90. The minimum atomic E-state index is -3.12. The Labute approximate surface area is 111 Å². The van der Waals surface area contributed by atoms with Crippen molar-refractivity contribution in [2.45, 2.75) is 44.6 Å². The molecule has 0 aromatic heterocycles. The van der Waals surface area contributed by atoms with Crippen LogP contribution in [0.15, 0.2) is 29.2 Å². The fourth-order valence-corrected chi connectivity index (χ4v) is 3.07. The average Bonchev–Trinajstić information content (AvgIpc) is 2.37. The Kier molecular flexibility index (Phi) is 5.82. The maximum atomic E-state index is 12.0. The van der Waals surface area contributed by atoms with Gasteiger partial charge in [0.15, 0.2) is 9.84 Å². The standard InChI is InChI=1S/C14H23NO2S/c1-4-10-15-12(3)11-13-8-6-7-9-14(13)18(16,17)5-2/h6-9,12,15H,4-5,10-11H2,1-3H3. The highest BCUT2D eigenvalue weighted by Gasteiger charge is 2.16. The zero-order chi connectivity index (χ0) is 13.6. The smallest absolute Gasteiger partial charge is 0.178 e. The van der Waals surface area contributed by atoms with Gasteiger partial charge in [-0.1, -0.05) is 32.0 Å². The van der Waals surface area contributed by atoms with Gasteiger partial charge in [0, 0.05) is 6.04 Å². The predicted octanol–water partition coefficient (Wildman–Crippen LogP) is 2.41. The first-order valence-electron chi connectivity index (χ1n) is 6.55. The summed E-state index contributed by atoms with van der Waals surface area (Å²) < 4.78 is 24.0. The summed E-state index contributed by atoms with van der Waals surface area (Å²) in [6.45, 7) is 6.86. The highest BCUT2D eigenvalue weighted by Crippen LogP contribution is 2.18. The molecule has 1 N–H and O–H groups in total. The van der Waals surface area contributed by atoms with E-state index in [0.717, 1.165) is 24.9 Å². The summed E-state index contributed by atoms with van der Waals surface area (Å²) in [5, 5.41) is 3.38. The molecule has 0 spiro atoms. The number of nitrogens with one attached hydrogen (secondary N) is 1. The van der Waals surface area contributed by atoms with E-state index in [1.165, 1.54) is 0 Å². The van der Waals surface area contributed by atoms with Crippen LogP contribution < -0.4 is 5.32 Å². The molecular weight excluding hydrogens is 246 g/mol. The van der Waals surface area contributed by atoms with E-state index < -0.39 is 9.84 Å². The fraction of sp³-hybridized carbons (Fsp3) is 0.571. The molecule has 0 aliphatic heterocycles. The molecule has 102 valence electrons. The Morgan fingerprint density at radius 2 is 1.89 bits per heavy atom. The maximum Gasteiger partial charge on any atom is 0.178 e. The van der Waals surface area contributed by atoms with Crippen molar-refractivity contribution in [1.82, 2.24) is 5.32 Å². The van der Waals surface area contributed by atoms with E-state index in [-0.39, 0.29) is 11.8 Å². The Morgan fingerprint density at radius 1 is 1.22 bits per heavy atom. The number of rotatable bonds is 7. The molecule has 0 radical (unpaired) electrons. The van der Waals surface area contributed by atoms with Gasteiger partial charge in [0.1, 0.15) is 0 Å². The molecule has 4 heteroatoms. The largest absolute Gasteiger partial charge is 0.314 e. The van der Waals surface area contributed by atoms with E-state index >= 15 is 0 Å². The molecule has 1 rings (SSSR count). The van der Waals surface area contributed by atoms with Gasteiger partial charge in [-0.05, 0) is 37.9 Å². The molecule has 0 saturated heterocycles. The SMILES string of the molecule is CCCNC(C)Cc1ccccc1S(=O)(=O)CC. The Morgan fingerprint density at radius 3 is 2.50 bits per heavy atom. The quantitative estimate of drug-likeness (QED) is 0.827. The van der Waals surface area contributed by atoms with Gasteiger partial charge in [-0.15, -0.1) is 0 Å². The van der Waals surface area contributed by atoms with Crippen LogP contribution in [-0.4, -0.2) is 26.8 Å². The summed E-state index contributed by atoms with van der Waals surface area (Å²) in [6, 6.07) is 7.60. The third-order valence-corrected chi connectivity index (χ3v) is 4.79. The number of benzene rings is 1. The molecule has 18 heavy (non-hydrogen) atoms. The van der Waals surface area contributed by atoms with Crippen LogP contribution in [0.25, 0.3) is 0 Å². The van der Waals surface area contributed by atoms with Crippen LogP contribution in [0.3, 0.4) is 0 Å². The molecule has 0 fully saturated rings. The van der Waals surface area contributed by atoms with Gasteiger partial charge in [-0.2, -0.15) is 0 Å². The molecule has 1 aromatic rings. The van der Waals surface area contributed by atoms with Gasteiger partial charge < -0.3 is 5.32 Å². The third-order valence-electron chi connectivity index (χ3n) is 2.96. The van der Waals surface area contributed by atoms with Gasteiger partial charge in [0.2, 0.25) is 0 Å². The van der Waals surface area contributed by atoms with Crippen LogP contribution in [0.4, 0.5) is 0 Å². The summed E-state index contributed by atoms with van der Waals surface area (Å²) in [4.78, 5) is 0.484. The van der Waals surface area contributed by atoms with Crippen molar-refractivity contribution in [1.29, 1.82) is 0 Å². The van der Waals surface area contributed by atoms with Crippen LogP contribution in [0.5, 0.6) is 0 Å². The summed E-state index contributed by atoms with van der Waals surface area (Å²) in [6.07, 6.45) is 1.83. The first-order chi connectivity index (χ1) is 8.51. The van der Waals surface area contributed by atoms with Crippen LogP contribution in [-0.2, 0) is 16.3 Å². The van der Waals surface area contributed by atoms with E-state index in [0.29, 0.717) is 4.90 Å². The number of hydrogen-bond donors (Lipinski definition) is 1. The highest BCUT2D eigenvalue weighted by molar-refractivity contribution is 7.91. The zero-order valence-electron chi connectivity index (χ0n) is 11.4. The Balaban J connectivity index is 2.90. The Bertz CT molecular complexity index is 468. The second-order valence-electron chi connectivity index (χ2n) is 4.57. The third kappa shape index (κ3) is 4.10.